The molecule has 0 radical (unpaired) electrons. The van der Waals surface area contributed by atoms with Gasteiger partial charge >= 0.3 is 0 Å². The minimum absolute atomic E-state index is 0.0357. The van der Waals surface area contributed by atoms with Crippen LogP contribution in [0.3, 0.4) is 0 Å². The van der Waals surface area contributed by atoms with Crippen molar-refractivity contribution in [1.82, 2.24) is 0 Å². The molecule has 0 N–H and O–H groups in total. The molecule has 0 aromatic carbocycles. The molecule has 0 aliphatic heterocycles. The number of amides is 1. The number of ketones is 1. The third-order valence-corrected chi connectivity index (χ3v) is 3.42. The van der Waals surface area contributed by atoms with Crippen LogP contribution < -0.4 is 4.90 Å². The zero-order valence-corrected chi connectivity index (χ0v) is 10.3. The average molecular weight is 276 g/mol. The number of carbonyl (C=O) groups is 2. The molecule has 1 aromatic rings. The Morgan fingerprint density at radius 2 is 2.21 bits per heavy atom. The van der Waals surface area contributed by atoms with Crippen molar-refractivity contribution in [3.63, 3.8) is 0 Å². The van der Waals surface area contributed by atoms with E-state index in [1.807, 2.05) is 11.4 Å². The van der Waals surface area contributed by atoms with E-state index in [2.05, 4.69) is 15.9 Å². The van der Waals surface area contributed by atoms with Crippen molar-refractivity contribution in [2.45, 2.75) is 13.3 Å². The van der Waals surface area contributed by atoms with E-state index >= 15 is 0 Å². The molecule has 0 fully saturated rings. The minimum atomic E-state index is -0.174. The first-order valence-electron chi connectivity index (χ1n) is 4.00. The van der Waals surface area contributed by atoms with E-state index in [-0.39, 0.29) is 18.1 Å². The highest BCUT2D eigenvalue weighted by atomic mass is 79.9. The monoisotopic (exact) mass is 275 g/mol. The number of hydrogen-bond donors (Lipinski definition) is 0. The summed E-state index contributed by atoms with van der Waals surface area (Å²) in [6.45, 7) is 1.41. The molecule has 0 saturated heterocycles. The van der Waals surface area contributed by atoms with Gasteiger partial charge in [0, 0.05) is 16.9 Å². The lowest BCUT2D eigenvalue weighted by Crippen LogP contribution is -2.26. The van der Waals surface area contributed by atoms with Crippen LogP contribution in [-0.4, -0.2) is 18.7 Å². The average Bonchev–Trinajstić information content (AvgIpc) is 2.49. The van der Waals surface area contributed by atoms with Crippen LogP contribution in [0.4, 0.5) is 5.00 Å². The number of rotatable bonds is 3. The van der Waals surface area contributed by atoms with Gasteiger partial charge in [-0.15, -0.1) is 11.3 Å². The molecule has 0 aliphatic carbocycles. The predicted molar refractivity (Wildman–Crippen MR) is 60.7 cm³/mol. The van der Waals surface area contributed by atoms with Crippen LogP contribution in [0.2, 0.25) is 0 Å². The zero-order valence-electron chi connectivity index (χ0n) is 7.91. The van der Waals surface area contributed by atoms with E-state index in [1.165, 1.54) is 23.2 Å². The van der Waals surface area contributed by atoms with Crippen molar-refractivity contribution in [3.8, 4) is 0 Å². The second kappa shape index (κ2) is 4.70. The highest BCUT2D eigenvalue weighted by molar-refractivity contribution is 9.10. The summed E-state index contributed by atoms with van der Waals surface area (Å²) in [4.78, 5) is 23.7. The molecular formula is C9H10BrNO2S. The van der Waals surface area contributed by atoms with Crippen molar-refractivity contribution in [2.24, 2.45) is 0 Å². The fourth-order valence-electron chi connectivity index (χ4n) is 0.933. The molecule has 0 bridgehead atoms. The van der Waals surface area contributed by atoms with Gasteiger partial charge in [-0.25, -0.2) is 0 Å². The SMILES string of the molecule is CC(=O)CC(=O)N(C)c1cc(Br)cs1. The Bertz CT molecular complexity index is 361. The van der Waals surface area contributed by atoms with E-state index in [1.54, 1.807) is 7.05 Å². The number of thiophene rings is 1. The van der Waals surface area contributed by atoms with Crippen molar-refractivity contribution in [2.75, 3.05) is 11.9 Å². The van der Waals surface area contributed by atoms with Gasteiger partial charge in [-0.2, -0.15) is 0 Å². The summed E-state index contributed by atoms with van der Waals surface area (Å²) in [6.07, 6.45) is -0.0357. The van der Waals surface area contributed by atoms with Gasteiger partial charge in [-0.3, -0.25) is 9.59 Å². The maximum Gasteiger partial charge on any atom is 0.234 e. The van der Waals surface area contributed by atoms with E-state index in [9.17, 15) is 9.59 Å². The Labute approximate surface area is 94.8 Å². The Hall–Kier alpha value is -0.680. The van der Waals surface area contributed by atoms with Crippen molar-refractivity contribution in [1.29, 1.82) is 0 Å². The topological polar surface area (TPSA) is 37.4 Å². The van der Waals surface area contributed by atoms with Gasteiger partial charge in [0.05, 0.1) is 11.4 Å². The summed E-state index contributed by atoms with van der Waals surface area (Å²) < 4.78 is 0.944. The van der Waals surface area contributed by atoms with Gasteiger partial charge in [0.15, 0.2) is 0 Å². The summed E-state index contributed by atoms with van der Waals surface area (Å²) in [5, 5.41) is 2.73. The molecule has 3 nitrogen and oxygen atoms in total. The quantitative estimate of drug-likeness (QED) is 0.795. The van der Waals surface area contributed by atoms with Gasteiger partial charge in [0.25, 0.3) is 0 Å². The Morgan fingerprint density at radius 3 is 2.64 bits per heavy atom. The zero-order chi connectivity index (χ0) is 10.7. The van der Waals surface area contributed by atoms with Crippen LogP contribution in [0.1, 0.15) is 13.3 Å². The van der Waals surface area contributed by atoms with Crippen LogP contribution in [0, 0.1) is 0 Å². The Kier molecular flexibility index (Phi) is 3.83. The lowest BCUT2D eigenvalue weighted by Gasteiger charge is -2.13. The van der Waals surface area contributed by atoms with Gasteiger partial charge in [-0.1, -0.05) is 0 Å². The van der Waals surface area contributed by atoms with Crippen molar-refractivity contribution < 1.29 is 9.59 Å². The summed E-state index contributed by atoms with van der Waals surface area (Å²) in [5.74, 6) is -0.288. The normalized spacial score (nSPS) is 9.93. The molecule has 76 valence electrons. The van der Waals surface area contributed by atoms with E-state index in [0.29, 0.717) is 0 Å². The maximum absolute atomic E-state index is 11.5. The second-order valence-electron chi connectivity index (χ2n) is 2.93. The molecule has 0 atom stereocenters. The van der Waals surface area contributed by atoms with Gasteiger partial charge in [0.1, 0.15) is 5.78 Å². The first-order valence-corrected chi connectivity index (χ1v) is 5.68. The molecule has 5 heteroatoms. The Morgan fingerprint density at radius 1 is 1.57 bits per heavy atom. The number of nitrogens with zero attached hydrogens (tertiary/aromatic N) is 1. The van der Waals surface area contributed by atoms with Crippen molar-refractivity contribution >= 4 is 44.0 Å². The number of anilines is 1. The summed E-state index contributed by atoms with van der Waals surface area (Å²) in [7, 11) is 1.67. The number of hydrogen-bond acceptors (Lipinski definition) is 3. The number of carbonyl (C=O) groups excluding carboxylic acids is 2. The third kappa shape index (κ3) is 2.92. The highest BCUT2D eigenvalue weighted by Gasteiger charge is 2.14. The highest BCUT2D eigenvalue weighted by Crippen LogP contribution is 2.27. The summed E-state index contributed by atoms with van der Waals surface area (Å²) in [6, 6.07) is 1.85. The van der Waals surface area contributed by atoms with Gasteiger partial charge in [-0.05, 0) is 28.9 Å². The molecule has 1 amide bonds. The molecule has 1 aromatic heterocycles. The fraction of sp³-hybridized carbons (Fsp3) is 0.333. The molecule has 0 unspecified atom stereocenters. The fourth-order valence-corrected chi connectivity index (χ4v) is 2.34. The first-order chi connectivity index (χ1) is 6.50. The van der Waals surface area contributed by atoms with E-state index < -0.39 is 0 Å². The number of halogens is 1. The second-order valence-corrected chi connectivity index (χ2v) is 4.74. The van der Waals surface area contributed by atoms with Crippen LogP contribution >= 0.6 is 27.3 Å². The summed E-state index contributed by atoms with van der Waals surface area (Å²) >= 11 is 4.77. The molecule has 14 heavy (non-hydrogen) atoms. The van der Waals surface area contributed by atoms with Crippen LogP contribution in [0.5, 0.6) is 0 Å². The van der Waals surface area contributed by atoms with Crippen LogP contribution in [0.25, 0.3) is 0 Å². The molecule has 1 heterocycles. The molecular weight excluding hydrogens is 266 g/mol. The molecule has 0 saturated carbocycles. The Balaban J connectivity index is 2.70. The van der Waals surface area contributed by atoms with Gasteiger partial charge < -0.3 is 4.90 Å². The molecule has 0 spiro atoms. The maximum atomic E-state index is 11.5. The van der Waals surface area contributed by atoms with Crippen LogP contribution in [0.15, 0.2) is 15.9 Å². The van der Waals surface area contributed by atoms with E-state index in [4.69, 9.17) is 0 Å². The lowest BCUT2D eigenvalue weighted by atomic mass is 10.3. The standard InChI is InChI=1S/C9H10BrNO2S/c1-6(12)3-8(13)11(2)9-4-7(10)5-14-9/h4-5H,3H2,1-2H3. The molecule has 0 aliphatic rings. The lowest BCUT2D eigenvalue weighted by molar-refractivity contribution is -0.125. The van der Waals surface area contributed by atoms with Gasteiger partial charge in [0.2, 0.25) is 5.91 Å². The predicted octanol–water partition coefficient (Wildman–Crippen LogP) is 2.45. The number of Topliss-reactive ketones (excluding diaryl/α,β-unsaturated/α-hetero) is 1. The van der Waals surface area contributed by atoms with Crippen molar-refractivity contribution in [3.05, 3.63) is 15.9 Å². The summed E-state index contributed by atoms with van der Waals surface area (Å²) in [5.41, 5.74) is 0. The van der Waals surface area contributed by atoms with E-state index in [0.717, 1.165) is 9.47 Å². The largest absolute Gasteiger partial charge is 0.307 e. The smallest absolute Gasteiger partial charge is 0.234 e. The molecule has 1 rings (SSSR count). The first kappa shape index (κ1) is 11.4. The third-order valence-electron chi connectivity index (χ3n) is 1.66. The minimum Gasteiger partial charge on any atom is -0.307 e. The van der Waals surface area contributed by atoms with Crippen LogP contribution in [-0.2, 0) is 9.59 Å².